The molecule has 0 bridgehead atoms. The summed E-state index contributed by atoms with van der Waals surface area (Å²) >= 11 is 0. The van der Waals surface area contributed by atoms with Crippen LogP contribution in [-0.4, -0.2) is 32.8 Å². The fraction of sp³-hybridized carbons (Fsp3) is 0.227. The van der Waals surface area contributed by atoms with E-state index in [1.807, 2.05) is 18.3 Å². The third kappa shape index (κ3) is 3.45. The van der Waals surface area contributed by atoms with Crippen molar-refractivity contribution in [1.29, 1.82) is 0 Å². The van der Waals surface area contributed by atoms with E-state index in [-0.39, 0.29) is 5.82 Å². The molecule has 29 heavy (non-hydrogen) atoms. The van der Waals surface area contributed by atoms with E-state index in [1.54, 1.807) is 18.5 Å². The molecule has 1 aliphatic rings. The topological polar surface area (TPSA) is 81.6 Å². The molecule has 7 heteroatoms. The molecule has 0 aliphatic carbocycles. The van der Waals surface area contributed by atoms with E-state index < -0.39 is 0 Å². The Morgan fingerprint density at radius 3 is 2.69 bits per heavy atom. The van der Waals surface area contributed by atoms with Crippen molar-refractivity contribution in [3.63, 3.8) is 0 Å². The summed E-state index contributed by atoms with van der Waals surface area (Å²) in [7, 11) is 0. The van der Waals surface area contributed by atoms with E-state index in [9.17, 15) is 4.39 Å². The van der Waals surface area contributed by atoms with Crippen molar-refractivity contribution < 1.29 is 4.39 Å². The zero-order chi connectivity index (χ0) is 19.8. The first kappa shape index (κ1) is 17.8. The quantitative estimate of drug-likeness (QED) is 0.558. The predicted octanol–water partition coefficient (Wildman–Crippen LogP) is 3.81. The van der Waals surface area contributed by atoms with Gasteiger partial charge < -0.3 is 11.1 Å². The number of piperidine rings is 1. The summed E-state index contributed by atoms with van der Waals surface area (Å²) in [6.45, 7) is 2.04. The first-order chi connectivity index (χ1) is 14.2. The van der Waals surface area contributed by atoms with Gasteiger partial charge in [0.2, 0.25) is 0 Å². The Morgan fingerprint density at radius 1 is 0.966 bits per heavy atom. The van der Waals surface area contributed by atoms with Gasteiger partial charge in [-0.1, -0.05) is 6.07 Å². The van der Waals surface area contributed by atoms with Crippen molar-refractivity contribution in [1.82, 2.24) is 25.1 Å². The first-order valence-electron chi connectivity index (χ1n) is 9.74. The molecule has 0 spiro atoms. The predicted molar refractivity (Wildman–Crippen MR) is 112 cm³/mol. The summed E-state index contributed by atoms with van der Waals surface area (Å²) in [6.07, 6.45) is 9.52. The maximum atomic E-state index is 13.4. The average molecular weight is 388 g/mol. The molecule has 0 radical (unpaired) electrons. The molecule has 6 nitrogen and oxygen atoms in total. The van der Waals surface area contributed by atoms with Crippen LogP contribution in [0.2, 0.25) is 0 Å². The van der Waals surface area contributed by atoms with E-state index >= 15 is 0 Å². The molecule has 1 aliphatic heterocycles. The number of hydrogen-bond acceptors (Lipinski definition) is 5. The third-order valence-corrected chi connectivity index (χ3v) is 5.50. The Bertz CT molecular complexity index is 1180. The lowest BCUT2D eigenvalue weighted by Gasteiger charge is -2.22. The largest absolute Gasteiger partial charge is 0.383 e. The van der Waals surface area contributed by atoms with Crippen molar-refractivity contribution >= 4 is 16.6 Å². The second kappa shape index (κ2) is 7.25. The second-order valence-electron chi connectivity index (χ2n) is 7.41. The van der Waals surface area contributed by atoms with Crippen molar-refractivity contribution in [3.05, 3.63) is 60.9 Å². The van der Waals surface area contributed by atoms with Gasteiger partial charge in [-0.25, -0.2) is 9.37 Å². The number of nitrogens with zero attached hydrogens (tertiary/aromatic N) is 4. The molecule has 146 valence electrons. The normalized spacial score (nSPS) is 15.1. The number of nitrogens with one attached hydrogen (secondary N) is 1. The van der Waals surface area contributed by atoms with Gasteiger partial charge in [0, 0.05) is 40.7 Å². The number of halogens is 1. The molecule has 5 rings (SSSR count). The van der Waals surface area contributed by atoms with Crippen molar-refractivity contribution in [2.75, 3.05) is 18.8 Å². The maximum Gasteiger partial charge on any atom is 0.132 e. The van der Waals surface area contributed by atoms with Gasteiger partial charge in [0.25, 0.3) is 0 Å². The minimum atomic E-state index is -0.277. The van der Waals surface area contributed by atoms with Gasteiger partial charge in [0.15, 0.2) is 0 Å². The molecule has 0 amide bonds. The first-order valence-corrected chi connectivity index (χ1v) is 9.74. The highest BCUT2D eigenvalue weighted by Crippen LogP contribution is 2.31. The van der Waals surface area contributed by atoms with Crippen molar-refractivity contribution in [3.8, 4) is 22.4 Å². The maximum absolute atomic E-state index is 13.4. The monoisotopic (exact) mass is 388 g/mol. The number of benzene rings is 1. The van der Waals surface area contributed by atoms with Crippen molar-refractivity contribution in [2.24, 2.45) is 0 Å². The molecule has 3 N–H and O–H groups in total. The van der Waals surface area contributed by atoms with E-state index in [4.69, 9.17) is 5.73 Å². The molecule has 1 fully saturated rings. The van der Waals surface area contributed by atoms with Crippen LogP contribution >= 0.6 is 0 Å². The number of nitrogen functional groups attached to an aromatic ring is 1. The molecule has 0 atom stereocenters. The van der Waals surface area contributed by atoms with Crippen LogP contribution in [-0.2, 0) is 0 Å². The van der Waals surface area contributed by atoms with Crippen LogP contribution in [0, 0.1) is 5.82 Å². The summed E-state index contributed by atoms with van der Waals surface area (Å²) in [5.41, 5.74) is 9.55. The molecule has 1 aromatic carbocycles. The smallest absolute Gasteiger partial charge is 0.132 e. The van der Waals surface area contributed by atoms with Crippen LogP contribution in [0.1, 0.15) is 18.9 Å². The van der Waals surface area contributed by atoms with Crippen molar-refractivity contribution in [2.45, 2.75) is 18.9 Å². The molecule has 1 saturated heterocycles. The second-order valence-corrected chi connectivity index (χ2v) is 7.41. The highest BCUT2D eigenvalue weighted by Gasteiger charge is 2.17. The number of pyridine rings is 2. The van der Waals surface area contributed by atoms with Gasteiger partial charge in [-0.2, -0.15) is 5.10 Å². The van der Waals surface area contributed by atoms with E-state index in [1.165, 1.54) is 12.1 Å². The van der Waals surface area contributed by atoms with Crippen LogP contribution < -0.4 is 11.1 Å². The van der Waals surface area contributed by atoms with Crippen LogP contribution in [0.3, 0.4) is 0 Å². The highest BCUT2D eigenvalue weighted by atomic mass is 19.1. The summed E-state index contributed by atoms with van der Waals surface area (Å²) in [5, 5.41) is 9.60. The van der Waals surface area contributed by atoms with Gasteiger partial charge in [0.1, 0.15) is 11.6 Å². The molecule has 4 aromatic rings. The number of fused-ring (bicyclic) bond motifs is 1. The number of rotatable bonds is 3. The van der Waals surface area contributed by atoms with Crippen LogP contribution in [0.15, 0.2) is 55.1 Å². The van der Waals surface area contributed by atoms with Gasteiger partial charge >= 0.3 is 0 Å². The van der Waals surface area contributed by atoms with Crippen LogP contribution in [0.5, 0.6) is 0 Å². The van der Waals surface area contributed by atoms with Gasteiger partial charge in [-0.3, -0.25) is 9.67 Å². The fourth-order valence-electron chi connectivity index (χ4n) is 3.86. The third-order valence-electron chi connectivity index (χ3n) is 5.50. The van der Waals surface area contributed by atoms with Crippen LogP contribution in [0.4, 0.5) is 10.2 Å². The SMILES string of the molecule is Nc1ncc(-c2cnn(C3CCNCC3)c2)cc1-c1cc2ccc(F)cc2cn1. The van der Waals surface area contributed by atoms with Crippen LogP contribution in [0.25, 0.3) is 33.2 Å². The summed E-state index contributed by atoms with van der Waals surface area (Å²) in [6, 6.07) is 8.98. The Kier molecular flexibility index (Phi) is 4.44. The zero-order valence-electron chi connectivity index (χ0n) is 15.8. The minimum absolute atomic E-state index is 0.277. The minimum Gasteiger partial charge on any atom is -0.383 e. The highest BCUT2D eigenvalue weighted by molar-refractivity contribution is 5.87. The lowest BCUT2D eigenvalue weighted by molar-refractivity contribution is 0.343. The van der Waals surface area contributed by atoms with E-state index in [0.717, 1.165) is 53.4 Å². The Balaban J connectivity index is 1.50. The standard InChI is InChI=1S/C22H21FN6/c23-18-2-1-14-9-21(26-10-15(14)7-18)20-8-16(11-27-22(20)24)17-12-28-29(13-17)19-3-5-25-6-4-19/h1-2,7-13,19,25H,3-6H2,(H2,24,27). The molecule has 0 saturated carbocycles. The summed E-state index contributed by atoms with van der Waals surface area (Å²) in [5.74, 6) is 0.134. The number of anilines is 1. The van der Waals surface area contributed by atoms with Gasteiger partial charge in [-0.15, -0.1) is 0 Å². The number of nitrogens with two attached hydrogens (primary N) is 1. The molecular weight excluding hydrogens is 367 g/mol. The zero-order valence-corrected chi connectivity index (χ0v) is 15.8. The number of hydrogen-bond donors (Lipinski definition) is 2. The van der Waals surface area contributed by atoms with E-state index in [2.05, 4.69) is 31.3 Å². The molecule has 3 aromatic heterocycles. The fourth-order valence-corrected chi connectivity index (χ4v) is 3.86. The lowest BCUT2D eigenvalue weighted by atomic mass is 10.0. The van der Waals surface area contributed by atoms with Gasteiger partial charge in [-0.05, 0) is 55.6 Å². The summed E-state index contributed by atoms with van der Waals surface area (Å²) in [4.78, 5) is 8.86. The Labute approximate surface area is 167 Å². The Hall–Kier alpha value is -3.32. The van der Waals surface area contributed by atoms with E-state index in [0.29, 0.717) is 17.6 Å². The lowest BCUT2D eigenvalue weighted by Crippen LogP contribution is -2.29. The Morgan fingerprint density at radius 2 is 1.83 bits per heavy atom. The molecule has 0 unspecified atom stereocenters. The summed E-state index contributed by atoms with van der Waals surface area (Å²) < 4.78 is 15.5. The average Bonchev–Trinajstić information content (AvgIpc) is 3.25. The molecular formula is C22H21FN6. The molecule has 4 heterocycles. The van der Waals surface area contributed by atoms with Gasteiger partial charge in [0.05, 0.1) is 17.9 Å². The number of aromatic nitrogens is 4.